The van der Waals surface area contributed by atoms with E-state index in [1.54, 1.807) is 0 Å². The molecule has 0 unspecified atom stereocenters. The lowest BCUT2D eigenvalue weighted by Gasteiger charge is -2.33. The first-order chi connectivity index (χ1) is 12.1. The SMILES string of the molecule is CCOc1ccccc1NC(=O)C1CCN(C(=O)C(CC)CC)CC1. The summed E-state index contributed by atoms with van der Waals surface area (Å²) in [5.41, 5.74) is 0.713. The van der Waals surface area contributed by atoms with E-state index in [9.17, 15) is 9.59 Å². The summed E-state index contributed by atoms with van der Waals surface area (Å²) in [5.74, 6) is 1.01. The minimum absolute atomic E-state index is 0.0155. The number of hydrogen-bond acceptors (Lipinski definition) is 3. The molecule has 1 saturated heterocycles. The Morgan fingerprint density at radius 3 is 2.40 bits per heavy atom. The van der Waals surface area contributed by atoms with Gasteiger partial charge < -0.3 is 15.0 Å². The van der Waals surface area contributed by atoms with Gasteiger partial charge in [-0.1, -0.05) is 26.0 Å². The van der Waals surface area contributed by atoms with Crippen LogP contribution in [0.25, 0.3) is 0 Å². The lowest BCUT2D eigenvalue weighted by molar-refractivity contribution is -0.138. The maximum absolute atomic E-state index is 12.6. The van der Waals surface area contributed by atoms with E-state index in [-0.39, 0.29) is 23.7 Å². The highest BCUT2D eigenvalue weighted by Crippen LogP contribution is 2.27. The number of hydrogen-bond donors (Lipinski definition) is 1. The molecule has 1 aliphatic heterocycles. The van der Waals surface area contributed by atoms with Gasteiger partial charge in [-0.05, 0) is 44.7 Å². The predicted octanol–water partition coefficient (Wildman–Crippen LogP) is 3.70. The second kappa shape index (κ2) is 9.44. The summed E-state index contributed by atoms with van der Waals surface area (Å²) in [7, 11) is 0. The molecule has 2 rings (SSSR count). The molecule has 138 valence electrons. The van der Waals surface area contributed by atoms with Gasteiger partial charge in [-0.3, -0.25) is 9.59 Å². The zero-order valence-electron chi connectivity index (χ0n) is 15.6. The standard InChI is InChI=1S/C20H30N2O3/c1-4-15(5-2)20(24)22-13-11-16(12-14-22)19(23)21-17-9-7-8-10-18(17)25-6-3/h7-10,15-16H,4-6,11-14H2,1-3H3,(H,21,23). The van der Waals surface area contributed by atoms with Gasteiger partial charge in [0, 0.05) is 24.9 Å². The van der Waals surface area contributed by atoms with Gasteiger partial charge >= 0.3 is 0 Å². The summed E-state index contributed by atoms with van der Waals surface area (Å²) in [5, 5.41) is 2.99. The van der Waals surface area contributed by atoms with Gasteiger partial charge in [-0.2, -0.15) is 0 Å². The van der Waals surface area contributed by atoms with E-state index in [0.29, 0.717) is 44.0 Å². The van der Waals surface area contributed by atoms with E-state index in [0.717, 1.165) is 12.8 Å². The monoisotopic (exact) mass is 346 g/mol. The first-order valence-corrected chi connectivity index (χ1v) is 9.42. The molecule has 0 aromatic heterocycles. The molecule has 1 aromatic rings. The van der Waals surface area contributed by atoms with Crippen LogP contribution in [-0.4, -0.2) is 36.4 Å². The van der Waals surface area contributed by atoms with Crippen molar-refractivity contribution in [3.05, 3.63) is 24.3 Å². The fourth-order valence-electron chi connectivity index (χ4n) is 3.34. The average Bonchev–Trinajstić information content (AvgIpc) is 2.64. The first kappa shape index (κ1) is 19.3. The molecular formula is C20H30N2O3. The fraction of sp³-hybridized carbons (Fsp3) is 0.600. The number of benzene rings is 1. The number of piperidine rings is 1. The molecule has 0 radical (unpaired) electrons. The second-order valence-corrected chi connectivity index (χ2v) is 6.53. The summed E-state index contributed by atoms with van der Waals surface area (Å²) in [6, 6.07) is 7.49. The number of carbonyl (C=O) groups excluding carboxylic acids is 2. The molecule has 0 saturated carbocycles. The Morgan fingerprint density at radius 1 is 1.16 bits per heavy atom. The summed E-state index contributed by atoms with van der Waals surface area (Å²) in [6.45, 7) is 7.93. The maximum atomic E-state index is 12.6. The summed E-state index contributed by atoms with van der Waals surface area (Å²) in [4.78, 5) is 27.0. The van der Waals surface area contributed by atoms with Crippen LogP contribution >= 0.6 is 0 Å². The minimum Gasteiger partial charge on any atom is -0.492 e. The average molecular weight is 346 g/mol. The van der Waals surface area contributed by atoms with Crippen molar-refractivity contribution in [1.29, 1.82) is 0 Å². The Labute approximate surface area is 150 Å². The van der Waals surface area contributed by atoms with Crippen LogP contribution in [0.1, 0.15) is 46.5 Å². The highest BCUT2D eigenvalue weighted by molar-refractivity contribution is 5.94. The number of nitrogens with zero attached hydrogens (tertiary/aromatic N) is 1. The number of rotatable bonds is 7. The lowest BCUT2D eigenvalue weighted by atomic mass is 9.93. The summed E-state index contributed by atoms with van der Waals surface area (Å²) >= 11 is 0. The molecule has 0 spiro atoms. The molecule has 1 heterocycles. The van der Waals surface area contributed by atoms with E-state index in [2.05, 4.69) is 19.2 Å². The lowest BCUT2D eigenvalue weighted by Crippen LogP contribution is -2.43. The third-order valence-electron chi connectivity index (χ3n) is 4.96. The zero-order chi connectivity index (χ0) is 18.2. The van der Waals surface area contributed by atoms with Crippen LogP contribution in [0.15, 0.2) is 24.3 Å². The number of likely N-dealkylation sites (tertiary alicyclic amines) is 1. The van der Waals surface area contributed by atoms with Crippen LogP contribution in [0, 0.1) is 11.8 Å². The topological polar surface area (TPSA) is 58.6 Å². The van der Waals surface area contributed by atoms with Gasteiger partial charge in [0.1, 0.15) is 5.75 Å². The third-order valence-corrected chi connectivity index (χ3v) is 4.96. The van der Waals surface area contributed by atoms with Gasteiger partial charge in [-0.25, -0.2) is 0 Å². The molecule has 5 nitrogen and oxygen atoms in total. The van der Waals surface area contributed by atoms with Crippen molar-refractivity contribution in [3.63, 3.8) is 0 Å². The van der Waals surface area contributed by atoms with Crippen molar-refractivity contribution >= 4 is 17.5 Å². The van der Waals surface area contributed by atoms with Crippen LogP contribution in [-0.2, 0) is 9.59 Å². The second-order valence-electron chi connectivity index (χ2n) is 6.53. The Balaban J connectivity index is 1.90. The largest absolute Gasteiger partial charge is 0.492 e. The van der Waals surface area contributed by atoms with Crippen molar-refractivity contribution in [2.24, 2.45) is 11.8 Å². The number of ether oxygens (including phenoxy) is 1. The van der Waals surface area contributed by atoms with Gasteiger partial charge in [0.15, 0.2) is 0 Å². The van der Waals surface area contributed by atoms with E-state index < -0.39 is 0 Å². The molecule has 1 aliphatic rings. The molecule has 1 aromatic carbocycles. The fourth-order valence-corrected chi connectivity index (χ4v) is 3.34. The molecule has 0 aliphatic carbocycles. The van der Waals surface area contributed by atoms with Crippen LogP contribution in [0.4, 0.5) is 5.69 Å². The Bertz CT molecular complexity index is 576. The van der Waals surface area contributed by atoms with E-state index in [1.807, 2.05) is 36.1 Å². The molecule has 2 amide bonds. The van der Waals surface area contributed by atoms with Gasteiger partial charge in [-0.15, -0.1) is 0 Å². The molecule has 0 bridgehead atoms. The van der Waals surface area contributed by atoms with E-state index >= 15 is 0 Å². The molecule has 0 atom stereocenters. The predicted molar refractivity (Wildman–Crippen MR) is 99.6 cm³/mol. The number of para-hydroxylation sites is 2. The third kappa shape index (κ3) is 4.97. The maximum Gasteiger partial charge on any atom is 0.227 e. The Kier molecular flexibility index (Phi) is 7.29. The Morgan fingerprint density at radius 2 is 1.80 bits per heavy atom. The van der Waals surface area contributed by atoms with Crippen LogP contribution in [0.5, 0.6) is 5.75 Å². The van der Waals surface area contributed by atoms with Crippen LogP contribution < -0.4 is 10.1 Å². The smallest absolute Gasteiger partial charge is 0.227 e. The normalized spacial score (nSPS) is 15.3. The van der Waals surface area contributed by atoms with Crippen molar-refractivity contribution in [2.75, 3.05) is 25.0 Å². The summed E-state index contributed by atoms with van der Waals surface area (Å²) < 4.78 is 5.56. The number of carbonyl (C=O) groups is 2. The van der Waals surface area contributed by atoms with Gasteiger partial charge in [0.05, 0.1) is 12.3 Å². The van der Waals surface area contributed by atoms with Crippen LogP contribution in [0.2, 0.25) is 0 Å². The highest BCUT2D eigenvalue weighted by Gasteiger charge is 2.29. The van der Waals surface area contributed by atoms with Crippen molar-refractivity contribution < 1.29 is 14.3 Å². The highest BCUT2D eigenvalue weighted by atomic mass is 16.5. The number of amides is 2. The molecule has 5 heteroatoms. The summed E-state index contributed by atoms with van der Waals surface area (Å²) in [6.07, 6.45) is 3.19. The number of nitrogens with one attached hydrogen (secondary N) is 1. The number of anilines is 1. The van der Waals surface area contributed by atoms with E-state index in [4.69, 9.17) is 4.74 Å². The van der Waals surface area contributed by atoms with Gasteiger partial charge in [0.25, 0.3) is 0 Å². The molecular weight excluding hydrogens is 316 g/mol. The Hall–Kier alpha value is -2.04. The molecule has 1 fully saturated rings. The van der Waals surface area contributed by atoms with Crippen molar-refractivity contribution in [3.8, 4) is 5.75 Å². The quantitative estimate of drug-likeness (QED) is 0.819. The van der Waals surface area contributed by atoms with Crippen LogP contribution in [0.3, 0.4) is 0 Å². The van der Waals surface area contributed by atoms with Crippen molar-refractivity contribution in [1.82, 2.24) is 4.90 Å². The molecule has 25 heavy (non-hydrogen) atoms. The minimum atomic E-state index is -0.0552. The van der Waals surface area contributed by atoms with Crippen molar-refractivity contribution in [2.45, 2.75) is 46.5 Å². The molecule has 1 N–H and O–H groups in total. The first-order valence-electron chi connectivity index (χ1n) is 9.42. The zero-order valence-corrected chi connectivity index (χ0v) is 15.6. The van der Waals surface area contributed by atoms with E-state index in [1.165, 1.54) is 0 Å². The van der Waals surface area contributed by atoms with Gasteiger partial charge in [0.2, 0.25) is 11.8 Å².